The summed E-state index contributed by atoms with van der Waals surface area (Å²) >= 11 is 0. The van der Waals surface area contributed by atoms with Crippen LogP contribution < -0.4 is 0 Å². The van der Waals surface area contributed by atoms with Crippen LogP contribution in [0.5, 0.6) is 0 Å². The first-order chi connectivity index (χ1) is 7.99. The van der Waals surface area contributed by atoms with E-state index in [1.807, 2.05) is 0 Å². The van der Waals surface area contributed by atoms with E-state index in [9.17, 15) is 4.79 Å². The highest BCUT2D eigenvalue weighted by atomic mass is 16.5. The molecule has 0 spiro atoms. The van der Waals surface area contributed by atoms with Crippen molar-refractivity contribution >= 4 is 5.97 Å². The molecule has 7 heteroatoms. The maximum atomic E-state index is 11.0. The van der Waals surface area contributed by atoms with E-state index in [4.69, 9.17) is 9.63 Å². The molecule has 0 aliphatic rings. The highest BCUT2D eigenvalue weighted by Crippen LogP contribution is 2.14. The highest BCUT2D eigenvalue weighted by molar-refractivity contribution is 5.90. The molecular formula is C10H12N4O3. The summed E-state index contributed by atoms with van der Waals surface area (Å²) in [5.74, 6) is -0.0296. The quantitative estimate of drug-likeness (QED) is 0.852. The third kappa shape index (κ3) is 2.03. The Balaban J connectivity index is 2.34. The predicted octanol–water partition coefficient (Wildman–Crippen LogP) is 0.938. The van der Waals surface area contributed by atoms with E-state index >= 15 is 0 Å². The van der Waals surface area contributed by atoms with E-state index in [0.717, 1.165) is 0 Å². The highest BCUT2D eigenvalue weighted by Gasteiger charge is 2.18. The third-order valence-corrected chi connectivity index (χ3v) is 2.45. The van der Waals surface area contributed by atoms with Gasteiger partial charge in [0.05, 0.1) is 11.4 Å². The van der Waals surface area contributed by atoms with Gasteiger partial charge in [-0.25, -0.2) is 4.79 Å². The lowest BCUT2D eigenvalue weighted by Gasteiger charge is -1.99. The fraction of sp³-hybridized carbons (Fsp3) is 0.400. The largest absolute Gasteiger partial charge is 0.478 e. The van der Waals surface area contributed by atoms with Crippen LogP contribution in [0.15, 0.2) is 4.52 Å². The number of rotatable bonds is 3. The van der Waals surface area contributed by atoms with Crippen molar-refractivity contribution in [1.29, 1.82) is 0 Å². The van der Waals surface area contributed by atoms with Crippen molar-refractivity contribution < 1.29 is 14.4 Å². The molecule has 0 aromatic carbocycles. The number of carboxylic acids is 1. The Morgan fingerprint density at radius 2 is 2.12 bits per heavy atom. The Hall–Kier alpha value is -2.18. The molecule has 17 heavy (non-hydrogen) atoms. The molecule has 0 bridgehead atoms. The van der Waals surface area contributed by atoms with Gasteiger partial charge in [0.1, 0.15) is 12.1 Å². The number of hydrogen-bond donors (Lipinski definition) is 1. The Labute approximate surface area is 97.1 Å². The lowest BCUT2D eigenvalue weighted by Crippen LogP contribution is -2.06. The van der Waals surface area contributed by atoms with Crippen LogP contribution >= 0.6 is 0 Å². The maximum absolute atomic E-state index is 11.0. The zero-order valence-corrected chi connectivity index (χ0v) is 9.76. The standard InChI is InChI=1S/C10H12N4O3/c1-5-9(10(15)16)6(2)14(12-5)4-8-11-7(3)13-17-8/h4H2,1-3H3,(H,15,16). The molecule has 0 unspecified atom stereocenters. The van der Waals surface area contributed by atoms with Crippen LogP contribution in [-0.2, 0) is 6.54 Å². The average molecular weight is 236 g/mol. The predicted molar refractivity (Wildman–Crippen MR) is 56.8 cm³/mol. The molecule has 90 valence electrons. The normalized spacial score (nSPS) is 10.8. The van der Waals surface area contributed by atoms with Crippen LogP contribution in [0, 0.1) is 20.8 Å². The molecular weight excluding hydrogens is 224 g/mol. The number of aromatic carboxylic acids is 1. The van der Waals surface area contributed by atoms with Crippen molar-refractivity contribution in [1.82, 2.24) is 19.9 Å². The average Bonchev–Trinajstić information content (AvgIpc) is 2.73. The molecule has 1 N–H and O–H groups in total. The fourth-order valence-corrected chi connectivity index (χ4v) is 1.69. The minimum absolute atomic E-state index is 0.223. The molecule has 0 aliphatic heterocycles. The first-order valence-corrected chi connectivity index (χ1v) is 5.05. The third-order valence-electron chi connectivity index (χ3n) is 2.45. The summed E-state index contributed by atoms with van der Waals surface area (Å²) in [6.07, 6.45) is 0. The molecule has 0 amide bonds. The fourth-order valence-electron chi connectivity index (χ4n) is 1.69. The van der Waals surface area contributed by atoms with Crippen molar-refractivity contribution in [3.05, 3.63) is 28.7 Å². The van der Waals surface area contributed by atoms with Gasteiger partial charge in [-0.15, -0.1) is 0 Å². The van der Waals surface area contributed by atoms with Gasteiger partial charge in [-0.2, -0.15) is 10.1 Å². The van der Waals surface area contributed by atoms with Crippen LogP contribution in [0.2, 0.25) is 0 Å². The first-order valence-electron chi connectivity index (χ1n) is 5.05. The van der Waals surface area contributed by atoms with Gasteiger partial charge < -0.3 is 9.63 Å². The Morgan fingerprint density at radius 1 is 1.41 bits per heavy atom. The molecule has 0 atom stereocenters. The van der Waals surface area contributed by atoms with Gasteiger partial charge in [0, 0.05) is 0 Å². The second-order valence-electron chi connectivity index (χ2n) is 3.74. The summed E-state index contributed by atoms with van der Waals surface area (Å²) in [6.45, 7) is 5.36. The topological polar surface area (TPSA) is 94.0 Å². The van der Waals surface area contributed by atoms with Gasteiger partial charge in [-0.1, -0.05) is 5.16 Å². The van der Waals surface area contributed by atoms with Crippen molar-refractivity contribution in [2.24, 2.45) is 0 Å². The van der Waals surface area contributed by atoms with E-state index in [-0.39, 0.29) is 12.1 Å². The smallest absolute Gasteiger partial charge is 0.339 e. The van der Waals surface area contributed by atoms with Crippen molar-refractivity contribution in [3.8, 4) is 0 Å². The van der Waals surface area contributed by atoms with Crippen LogP contribution in [-0.4, -0.2) is 31.0 Å². The Morgan fingerprint density at radius 3 is 2.59 bits per heavy atom. The lowest BCUT2D eigenvalue weighted by atomic mass is 10.2. The molecule has 0 saturated carbocycles. The lowest BCUT2D eigenvalue weighted by molar-refractivity contribution is 0.0695. The number of carbonyl (C=O) groups is 1. The van der Waals surface area contributed by atoms with Crippen LogP contribution in [0.4, 0.5) is 0 Å². The van der Waals surface area contributed by atoms with Crippen LogP contribution in [0.1, 0.15) is 33.5 Å². The molecule has 2 aromatic heterocycles. The summed E-state index contributed by atoms with van der Waals surface area (Å²) < 4.78 is 6.51. The summed E-state index contributed by atoms with van der Waals surface area (Å²) in [6, 6.07) is 0. The second kappa shape index (κ2) is 4.00. The van der Waals surface area contributed by atoms with E-state index in [0.29, 0.717) is 23.1 Å². The zero-order chi connectivity index (χ0) is 12.6. The Kier molecular flexibility index (Phi) is 2.66. The second-order valence-corrected chi connectivity index (χ2v) is 3.74. The van der Waals surface area contributed by atoms with Crippen molar-refractivity contribution in [3.63, 3.8) is 0 Å². The first kappa shape index (κ1) is 11.3. The van der Waals surface area contributed by atoms with Crippen molar-refractivity contribution in [2.75, 3.05) is 0 Å². The molecule has 2 aromatic rings. The Bertz CT molecular complexity index is 570. The molecule has 0 aliphatic carbocycles. The number of aromatic nitrogens is 4. The minimum atomic E-state index is -0.979. The molecule has 0 saturated heterocycles. The molecule has 0 fully saturated rings. The minimum Gasteiger partial charge on any atom is -0.478 e. The monoisotopic (exact) mass is 236 g/mol. The number of aryl methyl sites for hydroxylation is 2. The van der Waals surface area contributed by atoms with E-state index < -0.39 is 5.97 Å². The van der Waals surface area contributed by atoms with Crippen molar-refractivity contribution in [2.45, 2.75) is 27.3 Å². The van der Waals surface area contributed by atoms with Gasteiger partial charge in [-0.3, -0.25) is 4.68 Å². The van der Waals surface area contributed by atoms with Crippen LogP contribution in [0.25, 0.3) is 0 Å². The number of nitrogens with zero attached hydrogens (tertiary/aromatic N) is 4. The van der Waals surface area contributed by atoms with Gasteiger partial charge >= 0.3 is 5.97 Å². The van der Waals surface area contributed by atoms with E-state index in [1.54, 1.807) is 25.5 Å². The summed E-state index contributed by atoms with van der Waals surface area (Å²) in [5.41, 5.74) is 1.28. The van der Waals surface area contributed by atoms with Crippen LogP contribution in [0.3, 0.4) is 0 Å². The van der Waals surface area contributed by atoms with Gasteiger partial charge in [-0.05, 0) is 20.8 Å². The van der Waals surface area contributed by atoms with E-state index in [2.05, 4.69) is 15.2 Å². The summed E-state index contributed by atoms with van der Waals surface area (Å²) in [7, 11) is 0. The van der Waals surface area contributed by atoms with Gasteiger partial charge in [0.25, 0.3) is 0 Å². The summed E-state index contributed by atoms with van der Waals surface area (Å²) in [4.78, 5) is 15.1. The zero-order valence-electron chi connectivity index (χ0n) is 9.76. The SMILES string of the molecule is Cc1noc(Cn2nc(C)c(C(=O)O)c2C)n1. The maximum Gasteiger partial charge on any atom is 0.339 e. The molecule has 7 nitrogen and oxygen atoms in total. The van der Waals surface area contributed by atoms with Gasteiger partial charge in [0.15, 0.2) is 5.82 Å². The van der Waals surface area contributed by atoms with E-state index in [1.165, 1.54) is 0 Å². The summed E-state index contributed by atoms with van der Waals surface area (Å²) in [5, 5.41) is 16.8. The molecule has 2 heterocycles. The molecule has 0 radical (unpaired) electrons. The number of hydrogen-bond acceptors (Lipinski definition) is 5. The van der Waals surface area contributed by atoms with Gasteiger partial charge in [0.2, 0.25) is 5.89 Å². The molecule has 2 rings (SSSR count). The number of carboxylic acid groups (broad SMARTS) is 1.